The molecule has 9 heteroatoms. The molecule has 2 aliphatic heterocycles. The van der Waals surface area contributed by atoms with E-state index in [2.05, 4.69) is 43.6 Å². The van der Waals surface area contributed by atoms with Gasteiger partial charge in [-0.15, -0.1) is 0 Å². The first-order valence-electron chi connectivity index (χ1n) is 12.8. The summed E-state index contributed by atoms with van der Waals surface area (Å²) in [7, 11) is 0. The Labute approximate surface area is 228 Å². The predicted octanol–water partition coefficient (Wildman–Crippen LogP) is 8.22. The van der Waals surface area contributed by atoms with Crippen molar-refractivity contribution in [2.45, 2.75) is 106 Å². The lowest BCUT2D eigenvalue weighted by Gasteiger charge is -2.30. The van der Waals surface area contributed by atoms with Gasteiger partial charge in [-0.1, -0.05) is 27.7 Å². The third kappa shape index (κ3) is 6.92. The fraction of sp³-hybridized carbons (Fsp3) is 0.643. The molecule has 0 fully saturated rings. The molecule has 0 spiro atoms. The summed E-state index contributed by atoms with van der Waals surface area (Å²) in [6.07, 6.45) is 1.13. The number of furan rings is 2. The van der Waals surface area contributed by atoms with Gasteiger partial charge in [0.15, 0.2) is 4.67 Å². The smallest absolute Gasteiger partial charge is 0.411 e. The van der Waals surface area contributed by atoms with E-state index in [0.717, 1.165) is 22.6 Å². The largest absolute Gasteiger partial charge is 0.467 e. The van der Waals surface area contributed by atoms with Crippen LogP contribution in [0.3, 0.4) is 0 Å². The van der Waals surface area contributed by atoms with Crippen molar-refractivity contribution in [1.82, 2.24) is 9.80 Å². The average molecular weight is 582 g/mol. The first-order chi connectivity index (χ1) is 17.0. The maximum absolute atomic E-state index is 12.3. The second kappa shape index (κ2) is 10.8. The molecule has 8 nitrogen and oxygen atoms in total. The van der Waals surface area contributed by atoms with Gasteiger partial charge in [0.1, 0.15) is 22.7 Å². The lowest BCUT2D eigenvalue weighted by molar-refractivity contribution is 0.00987. The second-order valence-electron chi connectivity index (χ2n) is 12.3. The second-order valence-corrected chi connectivity index (χ2v) is 13.1. The first-order valence-corrected chi connectivity index (χ1v) is 13.6. The van der Waals surface area contributed by atoms with Gasteiger partial charge < -0.3 is 18.3 Å². The molecule has 4 rings (SSSR count). The monoisotopic (exact) mass is 580 g/mol. The van der Waals surface area contributed by atoms with Gasteiger partial charge in [-0.2, -0.15) is 0 Å². The summed E-state index contributed by atoms with van der Waals surface area (Å²) in [5, 5.41) is 0. The number of carbonyl (C=O) groups excluding carboxylic acids is 2. The third-order valence-electron chi connectivity index (χ3n) is 6.00. The number of hydrogen-bond acceptors (Lipinski definition) is 6. The zero-order valence-corrected chi connectivity index (χ0v) is 25.3. The van der Waals surface area contributed by atoms with Crippen molar-refractivity contribution in [2.24, 2.45) is 11.8 Å². The molecular weight excluding hydrogens is 540 g/mol. The molecular formula is C28H41BrN2O6. The molecule has 2 unspecified atom stereocenters. The van der Waals surface area contributed by atoms with Crippen molar-refractivity contribution in [3.05, 3.63) is 45.7 Å². The van der Waals surface area contributed by atoms with Crippen LogP contribution in [0.5, 0.6) is 0 Å². The van der Waals surface area contributed by atoms with E-state index in [-0.39, 0.29) is 30.2 Å². The van der Waals surface area contributed by atoms with Crippen LogP contribution >= 0.6 is 15.9 Å². The molecule has 37 heavy (non-hydrogen) atoms. The molecule has 0 saturated carbocycles. The van der Waals surface area contributed by atoms with E-state index in [9.17, 15) is 9.59 Å². The van der Waals surface area contributed by atoms with Crippen molar-refractivity contribution >= 4 is 28.1 Å². The maximum Gasteiger partial charge on any atom is 0.411 e. The summed E-state index contributed by atoms with van der Waals surface area (Å²) in [6.45, 7) is 20.7. The topological polar surface area (TPSA) is 85.4 Å². The highest BCUT2D eigenvalue weighted by molar-refractivity contribution is 9.10. The molecule has 2 aromatic rings. The Morgan fingerprint density at radius 1 is 0.865 bits per heavy atom. The summed E-state index contributed by atoms with van der Waals surface area (Å²) < 4.78 is 22.8. The number of halogens is 1. The zero-order valence-electron chi connectivity index (χ0n) is 23.7. The van der Waals surface area contributed by atoms with Crippen LogP contribution in [0.25, 0.3) is 0 Å². The molecule has 0 N–H and O–H groups in total. The Hall–Kier alpha value is -2.42. The van der Waals surface area contributed by atoms with Crippen molar-refractivity contribution < 1.29 is 27.9 Å². The number of hydrogen-bond donors (Lipinski definition) is 0. The van der Waals surface area contributed by atoms with Crippen molar-refractivity contribution in [1.29, 1.82) is 0 Å². The average Bonchev–Trinajstić information content (AvgIpc) is 3.43. The predicted molar refractivity (Wildman–Crippen MR) is 144 cm³/mol. The van der Waals surface area contributed by atoms with Gasteiger partial charge in [-0.05, 0) is 81.4 Å². The maximum atomic E-state index is 12.3. The van der Waals surface area contributed by atoms with Crippen LogP contribution in [-0.2, 0) is 22.6 Å². The summed E-state index contributed by atoms with van der Waals surface area (Å²) in [5.74, 6) is 2.33. The molecule has 0 radical (unpaired) electrons. The zero-order chi connectivity index (χ0) is 27.9. The molecule has 2 aliphatic rings. The lowest BCUT2D eigenvalue weighted by atomic mass is 10.0. The highest BCUT2D eigenvalue weighted by atomic mass is 79.9. The number of nitrogens with zero attached hydrogens (tertiary/aromatic N) is 2. The number of carbonyl (C=O) groups is 2. The normalized spacial score (nSPS) is 19.1. The quantitative estimate of drug-likeness (QED) is 0.355. The highest BCUT2D eigenvalue weighted by Gasteiger charge is 2.41. The van der Waals surface area contributed by atoms with Crippen LogP contribution in [-0.4, -0.2) is 33.2 Å². The van der Waals surface area contributed by atoms with Crippen LogP contribution in [0.2, 0.25) is 0 Å². The molecule has 206 valence electrons. The third-order valence-corrected chi connectivity index (χ3v) is 6.39. The number of rotatable bonds is 2. The number of amides is 2. The fourth-order valence-corrected chi connectivity index (χ4v) is 5.14. The molecule has 0 saturated heterocycles. The van der Waals surface area contributed by atoms with E-state index < -0.39 is 11.2 Å². The number of fused-ring (bicyclic) bond motifs is 2. The Morgan fingerprint density at radius 2 is 1.32 bits per heavy atom. The van der Waals surface area contributed by atoms with Crippen LogP contribution in [0.15, 0.2) is 31.9 Å². The highest BCUT2D eigenvalue weighted by Crippen LogP contribution is 2.42. The van der Waals surface area contributed by atoms with Gasteiger partial charge in [-0.25, -0.2) is 9.59 Å². The summed E-state index contributed by atoms with van der Waals surface area (Å²) in [6, 6.07) is 3.77. The Bertz CT molecular complexity index is 1100. The van der Waals surface area contributed by atoms with Gasteiger partial charge in [0.05, 0.1) is 31.4 Å². The van der Waals surface area contributed by atoms with Crippen LogP contribution in [0.4, 0.5) is 9.59 Å². The van der Waals surface area contributed by atoms with E-state index in [1.54, 1.807) is 16.1 Å². The van der Waals surface area contributed by atoms with Gasteiger partial charge in [0.2, 0.25) is 0 Å². The molecule has 0 aromatic carbocycles. The van der Waals surface area contributed by atoms with E-state index in [0.29, 0.717) is 23.7 Å². The number of ether oxygens (including phenoxy) is 2. The van der Waals surface area contributed by atoms with Gasteiger partial charge in [0, 0.05) is 11.1 Å². The van der Waals surface area contributed by atoms with E-state index in [1.807, 2.05) is 53.7 Å². The molecule has 2 amide bonds. The summed E-state index contributed by atoms with van der Waals surface area (Å²) in [4.78, 5) is 28.0. The summed E-state index contributed by atoms with van der Waals surface area (Å²) >= 11 is 3.34. The van der Waals surface area contributed by atoms with E-state index in [4.69, 9.17) is 18.3 Å². The molecule has 0 aliphatic carbocycles. The van der Waals surface area contributed by atoms with Crippen LogP contribution < -0.4 is 0 Å². The first kappa shape index (κ1) is 29.1. The van der Waals surface area contributed by atoms with E-state index >= 15 is 0 Å². The van der Waals surface area contributed by atoms with Crippen molar-refractivity contribution in [3.63, 3.8) is 0 Å². The lowest BCUT2D eigenvalue weighted by Crippen LogP contribution is -2.37. The Kier molecular flexibility index (Phi) is 8.47. The standard InChI is InChI=1S/C14H20BrNO3.C14H21NO3/c1-8(2)11-12-9(6-10(15)18-12)7-16(11)13(17)19-14(3,4)5;1-9(2)11-12-10(6-7-17-12)8-15(11)13(16)18-14(3,4)5/h6,8,11H,7H2,1-5H3;6-7,9,11H,8H2,1-5H3. The minimum atomic E-state index is -0.483. The Morgan fingerprint density at radius 3 is 1.78 bits per heavy atom. The van der Waals surface area contributed by atoms with Crippen molar-refractivity contribution in [2.75, 3.05) is 0 Å². The van der Waals surface area contributed by atoms with Gasteiger partial charge in [0.25, 0.3) is 0 Å². The van der Waals surface area contributed by atoms with Crippen molar-refractivity contribution in [3.8, 4) is 0 Å². The van der Waals surface area contributed by atoms with Crippen LogP contribution in [0.1, 0.15) is 104 Å². The van der Waals surface area contributed by atoms with Gasteiger partial charge in [-0.3, -0.25) is 9.80 Å². The van der Waals surface area contributed by atoms with E-state index in [1.165, 1.54) is 0 Å². The Balaban J connectivity index is 0.000000206. The van der Waals surface area contributed by atoms with Gasteiger partial charge >= 0.3 is 12.2 Å². The minimum Gasteiger partial charge on any atom is -0.467 e. The molecule has 2 atom stereocenters. The minimum absolute atomic E-state index is 0.0233. The van der Waals surface area contributed by atoms with Crippen LogP contribution in [0, 0.1) is 11.8 Å². The fourth-order valence-electron chi connectivity index (χ4n) is 4.69. The SMILES string of the molecule is CC(C)C1c2oc(Br)cc2CN1C(=O)OC(C)(C)C.CC(C)C1c2occc2CN1C(=O)OC(C)(C)C. The molecule has 2 aromatic heterocycles. The molecule has 0 bridgehead atoms. The summed E-state index contributed by atoms with van der Waals surface area (Å²) in [5.41, 5.74) is 1.18. The molecule has 4 heterocycles.